The molecular formula is C22H19ClF2N4O2. The first-order chi connectivity index (χ1) is 14.9. The minimum atomic E-state index is -1.04. The van der Waals surface area contributed by atoms with Crippen molar-refractivity contribution >= 4 is 34.2 Å². The highest BCUT2D eigenvalue weighted by atomic mass is 35.5. The van der Waals surface area contributed by atoms with E-state index >= 15 is 0 Å². The molecule has 0 unspecified atom stereocenters. The first-order valence-corrected chi connectivity index (χ1v) is 9.95. The summed E-state index contributed by atoms with van der Waals surface area (Å²) < 4.78 is 33.7. The third-order valence-corrected chi connectivity index (χ3v) is 5.63. The van der Waals surface area contributed by atoms with Crippen molar-refractivity contribution in [2.45, 2.75) is 0 Å². The molecule has 1 aliphatic rings. The van der Waals surface area contributed by atoms with Crippen LogP contribution in [-0.4, -0.2) is 54.1 Å². The largest absolute Gasteiger partial charge is 0.496 e. The fourth-order valence-electron chi connectivity index (χ4n) is 3.73. The zero-order valence-electron chi connectivity index (χ0n) is 16.7. The van der Waals surface area contributed by atoms with Crippen molar-refractivity contribution in [3.63, 3.8) is 0 Å². The number of benzene rings is 2. The molecule has 31 heavy (non-hydrogen) atoms. The molecule has 1 aliphatic heterocycles. The van der Waals surface area contributed by atoms with E-state index in [0.29, 0.717) is 42.9 Å². The highest BCUT2D eigenvalue weighted by Crippen LogP contribution is 2.40. The Hall–Kier alpha value is -3.26. The van der Waals surface area contributed by atoms with Crippen LogP contribution in [0.25, 0.3) is 22.0 Å². The lowest BCUT2D eigenvalue weighted by Gasteiger charge is -2.35. The Labute approximate surface area is 182 Å². The van der Waals surface area contributed by atoms with Crippen LogP contribution >= 0.6 is 11.6 Å². The molecule has 0 bridgehead atoms. The molecule has 2 heterocycles. The van der Waals surface area contributed by atoms with Crippen LogP contribution in [-0.2, 0) is 4.79 Å². The molecule has 0 spiro atoms. The molecule has 1 fully saturated rings. The van der Waals surface area contributed by atoms with Gasteiger partial charge in [0.1, 0.15) is 17.9 Å². The molecule has 160 valence electrons. The van der Waals surface area contributed by atoms with E-state index in [1.54, 1.807) is 17.0 Å². The number of piperazine rings is 1. The van der Waals surface area contributed by atoms with Crippen LogP contribution in [0.15, 0.2) is 43.2 Å². The Bertz CT molecular complexity index is 1180. The van der Waals surface area contributed by atoms with Gasteiger partial charge in [0.05, 0.1) is 18.2 Å². The number of fused-ring (bicyclic) bond motifs is 1. The van der Waals surface area contributed by atoms with Gasteiger partial charge in [0.25, 0.3) is 0 Å². The third-order valence-electron chi connectivity index (χ3n) is 5.31. The summed E-state index contributed by atoms with van der Waals surface area (Å²) in [7, 11) is 1.38. The highest BCUT2D eigenvalue weighted by molar-refractivity contribution is 6.34. The number of hydrogen-bond acceptors (Lipinski definition) is 5. The molecule has 0 N–H and O–H groups in total. The van der Waals surface area contributed by atoms with Gasteiger partial charge < -0.3 is 14.5 Å². The number of nitrogens with zero attached hydrogens (tertiary/aromatic N) is 4. The van der Waals surface area contributed by atoms with E-state index in [1.165, 1.54) is 25.6 Å². The number of hydrogen-bond donors (Lipinski definition) is 0. The molecule has 1 aromatic heterocycles. The summed E-state index contributed by atoms with van der Waals surface area (Å²) in [4.78, 5) is 24.3. The van der Waals surface area contributed by atoms with Crippen molar-refractivity contribution in [1.82, 2.24) is 14.9 Å². The van der Waals surface area contributed by atoms with Crippen LogP contribution in [0.5, 0.6) is 5.75 Å². The second kappa shape index (κ2) is 8.47. The minimum Gasteiger partial charge on any atom is -0.496 e. The molecule has 0 saturated carbocycles. The summed E-state index contributed by atoms with van der Waals surface area (Å²) in [6.07, 6.45) is 2.71. The van der Waals surface area contributed by atoms with Gasteiger partial charge in [0, 0.05) is 42.2 Å². The molecule has 9 heteroatoms. The average molecular weight is 445 g/mol. The number of carbonyl (C=O) groups is 1. The molecular weight excluding hydrogens is 426 g/mol. The lowest BCUT2D eigenvalue weighted by Crippen LogP contribution is -2.48. The van der Waals surface area contributed by atoms with Gasteiger partial charge in [0.15, 0.2) is 11.6 Å². The quantitative estimate of drug-likeness (QED) is 0.568. The van der Waals surface area contributed by atoms with Gasteiger partial charge in [0.2, 0.25) is 5.91 Å². The number of carbonyl (C=O) groups excluding carboxylic acids is 1. The van der Waals surface area contributed by atoms with E-state index in [1.807, 2.05) is 4.90 Å². The van der Waals surface area contributed by atoms with Crippen molar-refractivity contribution in [2.24, 2.45) is 0 Å². The van der Waals surface area contributed by atoms with E-state index in [-0.39, 0.29) is 27.8 Å². The monoisotopic (exact) mass is 444 g/mol. The topological polar surface area (TPSA) is 58.6 Å². The summed E-state index contributed by atoms with van der Waals surface area (Å²) >= 11 is 6.50. The third kappa shape index (κ3) is 3.79. The molecule has 1 amide bonds. The van der Waals surface area contributed by atoms with E-state index in [9.17, 15) is 13.6 Å². The summed E-state index contributed by atoms with van der Waals surface area (Å²) in [6, 6.07) is 5.60. The van der Waals surface area contributed by atoms with Crippen LogP contribution in [0.4, 0.5) is 14.6 Å². The van der Waals surface area contributed by atoms with Crippen LogP contribution in [0.2, 0.25) is 5.02 Å². The van der Waals surface area contributed by atoms with Gasteiger partial charge in [-0.25, -0.2) is 18.7 Å². The zero-order valence-corrected chi connectivity index (χ0v) is 17.5. The molecule has 6 nitrogen and oxygen atoms in total. The van der Waals surface area contributed by atoms with Crippen LogP contribution < -0.4 is 9.64 Å². The first kappa shape index (κ1) is 21.0. The zero-order chi connectivity index (χ0) is 22.1. The Morgan fingerprint density at radius 1 is 1.19 bits per heavy atom. The fourth-order valence-corrected chi connectivity index (χ4v) is 3.99. The standard InChI is InChI=1S/C22H19ClF2N4O2/c1-3-19(30)28-6-8-29(9-7-28)22-14-10-15(23)13(11-17(14)26-12-27-22)20-18(31-2)5-4-16(24)21(20)25/h3-5,10-12H,1,6-9H2,2H3. The van der Waals surface area contributed by atoms with Crippen molar-refractivity contribution in [3.05, 3.63) is 59.9 Å². The van der Waals surface area contributed by atoms with E-state index in [4.69, 9.17) is 16.3 Å². The molecule has 1 saturated heterocycles. The summed E-state index contributed by atoms with van der Waals surface area (Å²) in [5, 5.41) is 0.891. The molecule has 4 rings (SSSR count). The fraction of sp³-hybridized carbons (Fsp3) is 0.227. The van der Waals surface area contributed by atoms with Gasteiger partial charge in [-0.15, -0.1) is 0 Å². The molecule has 3 aromatic rings. The van der Waals surface area contributed by atoms with Crippen LogP contribution in [0, 0.1) is 11.6 Å². The Morgan fingerprint density at radius 3 is 2.61 bits per heavy atom. The molecule has 0 radical (unpaired) electrons. The van der Waals surface area contributed by atoms with Gasteiger partial charge in [-0.1, -0.05) is 18.2 Å². The number of methoxy groups -OCH3 is 1. The number of rotatable bonds is 4. The lowest BCUT2D eigenvalue weighted by molar-refractivity contribution is -0.126. The van der Waals surface area contributed by atoms with Crippen molar-refractivity contribution < 1.29 is 18.3 Å². The number of halogens is 3. The SMILES string of the molecule is C=CC(=O)N1CCN(c2ncnc3cc(-c4c(OC)ccc(F)c4F)c(Cl)cc23)CC1. The summed E-state index contributed by atoms with van der Waals surface area (Å²) in [5.74, 6) is -1.32. The maximum Gasteiger partial charge on any atom is 0.246 e. The summed E-state index contributed by atoms with van der Waals surface area (Å²) in [6.45, 7) is 5.75. The lowest BCUT2D eigenvalue weighted by atomic mass is 10.0. The predicted molar refractivity (Wildman–Crippen MR) is 115 cm³/mol. The van der Waals surface area contributed by atoms with E-state index in [2.05, 4.69) is 16.5 Å². The predicted octanol–water partition coefficient (Wildman–Crippen LogP) is 4.07. The number of aromatic nitrogens is 2. The normalized spacial score (nSPS) is 14.1. The molecule has 0 aliphatic carbocycles. The number of anilines is 1. The van der Waals surface area contributed by atoms with Crippen LogP contribution in [0.3, 0.4) is 0 Å². The summed E-state index contributed by atoms with van der Waals surface area (Å²) in [5.41, 5.74) is 0.736. The van der Waals surface area contributed by atoms with E-state index < -0.39 is 11.6 Å². The second-order valence-corrected chi connectivity index (χ2v) is 7.41. The first-order valence-electron chi connectivity index (χ1n) is 9.57. The second-order valence-electron chi connectivity index (χ2n) is 7.00. The minimum absolute atomic E-state index is 0.0638. The Morgan fingerprint density at radius 2 is 1.94 bits per heavy atom. The average Bonchev–Trinajstić information content (AvgIpc) is 2.79. The van der Waals surface area contributed by atoms with Gasteiger partial charge in [-0.2, -0.15) is 0 Å². The maximum absolute atomic E-state index is 14.6. The van der Waals surface area contributed by atoms with Crippen molar-refractivity contribution in [1.29, 1.82) is 0 Å². The molecule has 2 aromatic carbocycles. The Kier molecular flexibility index (Phi) is 5.73. The number of ether oxygens (including phenoxy) is 1. The molecule has 0 atom stereocenters. The van der Waals surface area contributed by atoms with Gasteiger partial charge in [-0.3, -0.25) is 4.79 Å². The van der Waals surface area contributed by atoms with Crippen molar-refractivity contribution in [3.8, 4) is 16.9 Å². The van der Waals surface area contributed by atoms with Gasteiger partial charge >= 0.3 is 0 Å². The Balaban J connectivity index is 1.76. The van der Waals surface area contributed by atoms with Gasteiger partial charge in [-0.05, 0) is 30.3 Å². The maximum atomic E-state index is 14.6. The smallest absolute Gasteiger partial charge is 0.246 e. The van der Waals surface area contributed by atoms with E-state index in [0.717, 1.165) is 6.07 Å². The van der Waals surface area contributed by atoms with Crippen LogP contribution in [0.1, 0.15) is 0 Å². The van der Waals surface area contributed by atoms with Crippen molar-refractivity contribution in [2.75, 3.05) is 38.2 Å². The number of amides is 1. The highest BCUT2D eigenvalue weighted by Gasteiger charge is 2.24.